The van der Waals surface area contributed by atoms with Gasteiger partial charge in [0, 0.05) is 32.6 Å². The van der Waals surface area contributed by atoms with E-state index in [-0.39, 0.29) is 0 Å². The molecule has 0 aromatic heterocycles. The normalized spacial score (nSPS) is 21.4. The van der Waals surface area contributed by atoms with Gasteiger partial charge in [-0.15, -0.1) is 0 Å². The average molecular weight is 286 g/mol. The summed E-state index contributed by atoms with van der Waals surface area (Å²) in [5.74, 6) is 0.718. The lowest BCUT2D eigenvalue weighted by Gasteiger charge is -2.36. The fourth-order valence-corrected chi connectivity index (χ4v) is 2.92. The quantitative estimate of drug-likeness (QED) is 0.901. The van der Waals surface area contributed by atoms with Crippen molar-refractivity contribution in [1.29, 1.82) is 0 Å². The Morgan fingerprint density at radius 1 is 1.20 bits per heavy atom. The van der Waals surface area contributed by atoms with Crippen molar-refractivity contribution in [3.8, 4) is 5.75 Å². The molecule has 2 heterocycles. The molecule has 1 aromatic carbocycles. The van der Waals surface area contributed by atoms with Gasteiger partial charge in [-0.2, -0.15) is 13.2 Å². The number of benzene rings is 1. The Kier molecular flexibility index (Phi) is 3.60. The minimum absolute atomic E-state index is 0.323. The first-order valence-corrected chi connectivity index (χ1v) is 6.83. The van der Waals surface area contributed by atoms with Gasteiger partial charge in [0.1, 0.15) is 11.8 Å². The highest BCUT2D eigenvalue weighted by atomic mass is 19.4. The van der Waals surface area contributed by atoms with Gasteiger partial charge in [-0.05, 0) is 17.2 Å². The number of hydrogen-bond donors (Lipinski definition) is 1. The summed E-state index contributed by atoms with van der Waals surface area (Å²) < 4.78 is 45.7. The molecule has 0 saturated carbocycles. The first-order valence-electron chi connectivity index (χ1n) is 6.83. The van der Waals surface area contributed by atoms with Crippen LogP contribution >= 0.6 is 0 Å². The zero-order chi connectivity index (χ0) is 14.2. The summed E-state index contributed by atoms with van der Waals surface area (Å²) in [4.78, 5) is 1.51. The lowest BCUT2D eigenvalue weighted by molar-refractivity contribution is -0.187. The number of nitrogens with one attached hydrogen (secondary N) is 1. The third-order valence-corrected chi connectivity index (χ3v) is 3.86. The second-order valence-corrected chi connectivity index (χ2v) is 5.20. The van der Waals surface area contributed by atoms with Gasteiger partial charge in [0.2, 0.25) is 0 Å². The van der Waals surface area contributed by atoms with E-state index < -0.39 is 12.2 Å². The molecule has 0 bridgehead atoms. The molecule has 1 N–H and O–H groups in total. The molecular weight excluding hydrogens is 269 g/mol. The second-order valence-electron chi connectivity index (χ2n) is 5.20. The molecular formula is C14H17F3N2O. The van der Waals surface area contributed by atoms with E-state index in [1.165, 1.54) is 4.90 Å². The van der Waals surface area contributed by atoms with E-state index >= 15 is 0 Å². The van der Waals surface area contributed by atoms with E-state index in [9.17, 15) is 13.2 Å². The summed E-state index contributed by atoms with van der Waals surface area (Å²) in [5, 5.41) is 3.09. The molecule has 1 fully saturated rings. The fourth-order valence-electron chi connectivity index (χ4n) is 2.92. The van der Waals surface area contributed by atoms with Crippen molar-refractivity contribution in [3.63, 3.8) is 0 Å². The average Bonchev–Trinajstić information content (AvgIpc) is 2.86. The maximum atomic E-state index is 13.4. The van der Waals surface area contributed by atoms with E-state index in [0.717, 1.165) is 11.3 Å². The minimum Gasteiger partial charge on any atom is -0.493 e. The first-order chi connectivity index (χ1) is 9.55. The summed E-state index contributed by atoms with van der Waals surface area (Å²) in [5.41, 5.74) is 1.20. The van der Waals surface area contributed by atoms with Crippen LogP contribution in [0.3, 0.4) is 0 Å². The third-order valence-electron chi connectivity index (χ3n) is 3.86. The molecule has 2 aliphatic heterocycles. The largest absolute Gasteiger partial charge is 0.493 e. The minimum atomic E-state index is -4.26. The standard InChI is InChI=1S/C14H17F3N2O/c15-14(16,17)13(19-6-4-18-5-7-19)11-1-2-12-10(9-11)3-8-20-12/h1-2,9,13,18H,3-8H2/t13-/m1/s1. The summed E-state index contributed by atoms with van der Waals surface area (Å²) in [6.45, 7) is 2.58. The van der Waals surface area contributed by atoms with Crippen LogP contribution < -0.4 is 10.1 Å². The topological polar surface area (TPSA) is 24.5 Å². The van der Waals surface area contributed by atoms with Gasteiger partial charge in [-0.1, -0.05) is 12.1 Å². The Bertz CT molecular complexity index is 484. The number of hydrogen-bond acceptors (Lipinski definition) is 3. The Labute approximate surface area is 115 Å². The highest BCUT2D eigenvalue weighted by Gasteiger charge is 2.45. The Balaban J connectivity index is 1.92. The van der Waals surface area contributed by atoms with Gasteiger partial charge in [0.05, 0.1) is 6.61 Å². The molecule has 1 atom stereocenters. The molecule has 1 saturated heterocycles. The number of halogens is 3. The van der Waals surface area contributed by atoms with Gasteiger partial charge < -0.3 is 10.1 Å². The van der Waals surface area contributed by atoms with Crippen molar-refractivity contribution in [2.75, 3.05) is 32.8 Å². The number of fused-ring (bicyclic) bond motifs is 1. The van der Waals surface area contributed by atoms with Gasteiger partial charge >= 0.3 is 6.18 Å². The number of alkyl halides is 3. The number of ether oxygens (including phenoxy) is 1. The van der Waals surface area contributed by atoms with E-state index in [2.05, 4.69) is 5.32 Å². The van der Waals surface area contributed by atoms with Gasteiger partial charge in [0.15, 0.2) is 0 Å². The molecule has 0 radical (unpaired) electrons. The van der Waals surface area contributed by atoms with Crippen LogP contribution in [0.25, 0.3) is 0 Å². The molecule has 6 heteroatoms. The van der Waals surface area contributed by atoms with Crippen molar-refractivity contribution >= 4 is 0 Å². The Morgan fingerprint density at radius 3 is 2.65 bits per heavy atom. The van der Waals surface area contributed by atoms with Crippen molar-refractivity contribution in [2.45, 2.75) is 18.6 Å². The highest BCUT2D eigenvalue weighted by molar-refractivity contribution is 5.41. The zero-order valence-corrected chi connectivity index (χ0v) is 11.0. The van der Waals surface area contributed by atoms with E-state index in [4.69, 9.17) is 4.74 Å². The summed E-state index contributed by atoms with van der Waals surface area (Å²) in [6.07, 6.45) is -3.57. The molecule has 0 unspecified atom stereocenters. The summed E-state index contributed by atoms with van der Waals surface area (Å²) in [7, 11) is 0. The van der Waals surface area contributed by atoms with E-state index in [0.29, 0.717) is 44.8 Å². The SMILES string of the molecule is FC(F)(F)[C@@H](c1ccc2c(c1)CCO2)N1CCNCC1. The lowest BCUT2D eigenvalue weighted by Crippen LogP contribution is -2.49. The molecule has 3 rings (SSSR count). The van der Waals surface area contributed by atoms with Gasteiger partial charge in [-0.25, -0.2) is 0 Å². The number of nitrogens with zero attached hydrogens (tertiary/aromatic N) is 1. The Morgan fingerprint density at radius 2 is 1.95 bits per heavy atom. The predicted molar refractivity (Wildman–Crippen MR) is 68.9 cm³/mol. The summed E-state index contributed by atoms with van der Waals surface area (Å²) >= 11 is 0. The van der Waals surface area contributed by atoms with Crippen molar-refractivity contribution < 1.29 is 17.9 Å². The predicted octanol–water partition coefficient (Wildman–Crippen LogP) is 2.13. The van der Waals surface area contributed by atoms with Crippen LogP contribution in [0.2, 0.25) is 0 Å². The van der Waals surface area contributed by atoms with Crippen molar-refractivity contribution in [2.24, 2.45) is 0 Å². The van der Waals surface area contributed by atoms with Crippen LogP contribution in [0.1, 0.15) is 17.2 Å². The van der Waals surface area contributed by atoms with Gasteiger partial charge in [0.25, 0.3) is 0 Å². The van der Waals surface area contributed by atoms with Crippen molar-refractivity contribution in [3.05, 3.63) is 29.3 Å². The van der Waals surface area contributed by atoms with E-state index in [1.807, 2.05) is 0 Å². The highest BCUT2D eigenvalue weighted by Crippen LogP contribution is 2.39. The molecule has 0 amide bonds. The maximum absolute atomic E-state index is 13.4. The van der Waals surface area contributed by atoms with Crippen LogP contribution in [-0.2, 0) is 6.42 Å². The zero-order valence-electron chi connectivity index (χ0n) is 11.0. The van der Waals surface area contributed by atoms with E-state index in [1.54, 1.807) is 18.2 Å². The molecule has 2 aliphatic rings. The van der Waals surface area contributed by atoms with Crippen LogP contribution in [0, 0.1) is 0 Å². The maximum Gasteiger partial charge on any atom is 0.408 e. The van der Waals surface area contributed by atoms with Gasteiger partial charge in [-0.3, -0.25) is 4.90 Å². The Hall–Kier alpha value is -1.27. The summed E-state index contributed by atoms with van der Waals surface area (Å²) in [6, 6.07) is 3.35. The van der Waals surface area contributed by atoms with Crippen LogP contribution in [0.4, 0.5) is 13.2 Å². The van der Waals surface area contributed by atoms with Crippen LogP contribution in [0.5, 0.6) is 5.75 Å². The number of piperazine rings is 1. The molecule has 0 spiro atoms. The van der Waals surface area contributed by atoms with Crippen molar-refractivity contribution in [1.82, 2.24) is 10.2 Å². The third kappa shape index (κ3) is 2.62. The monoisotopic (exact) mass is 286 g/mol. The molecule has 20 heavy (non-hydrogen) atoms. The number of rotatable bonds is 2. The molecule has 1 aromatic rings. The second kappa shape index (κ2) is 5.26. The van der Waals surface area contributed by atoms with Crippen LogP contribution in [0.15, 0.2) is 18.2 Å². The fraction of sp³-hybridized carbons (Fsp3) is 0.571. The first kappa shape index (κ1) is 13.7. The molecule has 110 valence electrons. The lowest BCUT2D eigenvalue weighted by atomic mass is 10.00. The molecule has 0 aliphatic carbocycles. The smallest absolute Gasteiger partial charge is 0.408 e. The van der Waals surface area contributed by atoms with Crippen LogP contribution in [-0.4, -0.2) is 43.9 Å². The molecule has 3 nitrogen and oxygen atoms in total.